The van der Waals surface area contributed by atoms with Crippen LogP contribution in [-0.2, 0) is 19.6 Å². The van der Waals surface area contributed by atoms with Crippen LogP contribution in [0.1, 0.15) is 23.2 Å². The van der Waals surface area contributed by atoms with Gasteiger partial charge in [-0.2, -0.15) is 4.31 Å². The van der Waals surface area contributed by atoms with E-state index in [4.69, 9.17) is 0 Å². The standard InChI is InChI=1S/C25H30FN5O5S/c1-29(2)19-9-5-17(6-10-19)25(34)30-14-15-31(37(35,36)20-11-7-18(26)8-12-20)22(16-30)24(33)28-21-4-3-13-27-23(21)32/h5-12,21-22H,3-4,13-16H2,1-2H3,(H,27,32)(H,28,33)/t21-,22+/m0/s1. The second kappa shape index (κ2) is 10.9. The lowest BCUT2D eigenvalue weighted by Gasteiger charge is -2.40. The van der Waals surface area contributed by atoms with Crippen molar-refractivity contribution in [3.63, 3.8) is 0 Å². The molecule has 198 valence electrons. The van der Waals surface area contributed by atoms with Crippen LogP contribution in [0.3, 0.4) is 0 Å². The molecule has 4 rings (SSSR count). The van der Waals surface area contributed by atoms with Crippen LogP contribution >= 0.6 is 0 Å². The quantitative estimate of drug-likeness (QED) is 0.569. The molecule has 0 unspecified atom stereocenters. The first-order chi connectivity index (χ1) is 17.6. The topological polar surface area (TPSA) is 119 Å². The van der Waals surface area contributed by atoms with Gasteiger partial charge in [0, 0.05) is 51.5 Å². The van der Waals surface area contributed by atoms with Gasteiger partial charge in [-0.15, -0.1) is 0 Å². The highest BCUT2D eigenvalue weighted by molar-refractivity contribution is 7.89. The van der Waals surface area contributed by atoms with Crippen molar-refractivity contribution in [2.24, 2.45) is 0 Å². The highest BCUT2D eigenvalue weighted by atomic mass is 32.2. The Morgan fingerprint density at radius 3 is 2.35 bits per heavy atom. The minimum Gasteiger partial charge on any atom is -0.378 e. The van der Waals surface area contributed by atoms with Crippen molar-refractivity contribution in [1.29, 1.82) is 0 Å². The molecule has 12 heteroatoms. The molecule has 2 N–H and O–H groups in total. The lowest BCUT2D eigenvalue weighted by molar-refractivity contribution is -0.132. The summed E-state index contributed by atoms with van der Waals surface area (Å²) in [7, 11) is -0.430. The molecule has 10 nitrogen and oxygen atoms in total. The minimum absolute atomic E-state index is 0.0579. The summed E-state index contributed by atoms with van der Waals surface area (Å²) < 4.78 is 41.4. The summed E-state index contributed by atoms with van der Waals surface area (Å²) in [5.74, 6) is -1.94. The summed E-state index contributed by atoms with van der Waals surface area (Å²) in [6, 6.07) is 9.24. The Bertz CT molecular complexity index is 1270. The van der Waals surface area contributed by atoms with Crippen LogP contribution in [0.25, 0.3) is 0 Å². The molecule has 0 saturated carbocycles. The molecule has 0 bridgehead atoms. The average molecular weight is 532 g/mol. The molecule has 37 heavy (non-hydrogen) atoms. The molecule has 2 fully saturated rings. The second-order valence-electron chi connectivity index (χ2n) is 9.27. The van der Waals surface area contributed by atoms with Crippen molar-refractivity contribution in [2.45, 2.75) is 29.8 Å². The fourth-order valence-corrected chi connectivity index (χ4v) is 6.03. The molecular formula is C25H30FN5O5S. The number of piperidine rings is 1. The summed E-state index contributed by atoms with van der Waals surface area (Å²) in [5, 5.41) is 5.34. The van der Waals surface area contributed by atoms with Gasteiger partial charge in [-0.1, -0.05) is 0 Å². The van der Waals surface area contributed by atoms with Crippen LogP contribution < -0.4 is 15.5 Å². The predicted molar refractivity (Wildman–Crippen MR) is 135 cm³/mol. The van der Waals surface area contributed by atoms with Crippen LogP contribution in [0.4, 0.5) is 10.1 Å². The van der Waals surface area contributed by atoms with Gasteiger partial charge >= 0.3 is 0 Å². The molecule has 0 aliphatic carbocycles. The number of amides is 3. The van der Waals surface area contributed by atoms with Gasteiger partial charge in [0.15, 0.2) is 0 Å². The number of hydrogen-bond acceptors (Lipinski definition) is 6. The van der Waals surface area contributed by atoms with Crippen LogP contribution in [0.5, 0.6) is 0 Å². The average Bonchev–Trinajstić information content (AvgIpc) is 2.89. The van der Waals surface area contributed by atoms with Crippen molar-refractivity contribution in [1.82, 2.24) is 19.8 Å². The van der Waals surface area contributed by atoms with Crippen LogP contribution in [0, 0.1) is 5.82 Å². The van der Waals surface area contributed by atoms with Crippen LogP contribution in [0.2, 0.25) is 0 Å². The fraction of sp³-hybridized carbons (Fsp3) is 0.400. The molecule has 2 aliphatic rings. The Kier molecular flexibility index (Phi) is 7.79. The van der Waals surface area contributed by atoms with Gasteiger partial charge in [0.25, 0.3) is 5.91 Å². The summed E-state index contributed by atoms with van der Waals surface area (Å²) in [6.45, 7) is 0.224. The maximum atomic E-state index is 13.5. The monoisotopic (exact) mass is 531 g/mol. The van der Waals surface area contributed by atoms with E-state index in [0.29, 0.717) is 24.9 Å². The summed E-state index contributed by atoms with van der Waals surface area (Å²) in [5.41, 5.74) is 1.32. The highest BCUT2D eigenvalue weighted by Crippen LogP contribution is 2.24. The first kappa shape index (κ1) is 26.6. The number of benzene rings is 2. The van der Waals surface area contributed by atoms with Gasteiger partial charge < -0.3 is 20.4 Å². The van der Waals surface area contributed by atoms with Crippen molar-refractivity contribution < 1.29 is 27.2 Å². The number of carbonyl (C=O) groups is 3. The summed E-state index contributed by atoms with van der Waals surface area (Å²) in [4.78, 5) is 42.0. The maximum absolute atomic E-state index is 13.5. The Morgan fingerprint density at radius 1 is 1.05 bits per heavy atom. The van der Waals surface area contributed by atoms with E-state index in [1.54, 1.807) is 24.3 Å². The third-order valence-electron chi connectivity index (χ3n) is 6.57. The van der Waals surface area contributed by atoms with E-state index in [0.717, 1.165) is 34.3 Å². The number of nitrogens with one attached hydrogen (secondary N) is 2. The van der Waals surface area contributed by atoms with Crippen molar-refractivity contribution in [3.8, 4) is 0 Å². The zero-order valence-corrected chi connectivity index (χ0v) is 21.5. The molecule has 2 aromatic rings. The third kappa shape index (κ3) is 5.75. The van der Waals surface area contributed by atoms with Gasteiger partial charge in [-0.3, -0.25) is 14.4 Å². The maximum Gasteiger partial charge on any atom is 0.253 e. The number of carbonyl (C=O) groups excluding carboxylic acids is 3. The third-order valence-corrected chi connectivity index (χ3v) is 8.50. The van der Waals surface area contributed by atoms with E-state index in [-0.39, 0.29) is 36.3 Å². The lowest BCUT2D eigenvalue weighted by atomic mass is 10.1. The molecule has 0 aromatic heterocycles. The number of sulfonamides is 1. The molecule has 2 heterocycles. The van der Waals surface area contributed by atoms with E-state index in [1.165, 1.54) is 4.90 Å². The Balaban J connectivity index is 1.60. The van der Waals surface area contributed by atoms with Crippen molar-refractivity contribution in [3.05, 3.63) is 59.9 Å². The molecule has 2 atom stereocenters. The number of anilines is 1. The number of rotatable bonds is 6. The van der Waals surface area contributed by atoms with E-state index in [9.17, 15) is 27.2 Å². The van der Waals surface area contributed by atoms with Gasteiger partial charge in [0.05, 0.1) is 4.90 Å². The smallest absolute Gasteiger partial charge is 0.253 e. The lowest BCUT2D eigenvalue weighted by Crippen LogP contribution is -2.63. The van der Waals surface area contributed by atoms with Gasteiger partial charge in [-0.25, -0.2) is 12.8 Å². The molecule has 0 spiro atoms. The number of halogens is 1. The molecule has 2 aliphatic heterocycles. The number of hydrogen-bond donors (Lipinski definition) is 2. The van der Waals surface area contributed by atoms with Crippen molar-refractivity contribution in [2.75, 3.05) is 45.2 Å². The second-order valence-corrected chi connectivity index (χ2v) is 11.2. The summed E-state index contributed by atoms with van der Waals surface area (Å²) >= 11 is 0. The molecule has 0 radical (unpaired) electrons. The van der Waals surface area contributed by atoms with Gasteiger partial charge in [0.1, 0.15) is 17.9 Å². The van der Waals surface area contributed by atoms with E-state index in [1.807, 2.05) is 19.0 Å². The van der Waals surface area contributed by atoms with Crippen LogP contribution in [0.15, 0.2) is 53.4 Å². The molecule has 2 aromatic carbocycles. The Labute approximate surface area is 215 Å². The summed E-state index contributed by atoms with van der Waals surface area (Å²) in [6.07, 6.45) is 1.10. The number of piperazine rings is 1. The largest absolute Gasteiger partial charge is 0.378 e. The van der Waals surface area contributed by atoms with Gasteiger partial charge in [0.2, 0.25) is 21.8 Å². The normalized spacial score (nSPS) is 20.7. The predicted octanol–water partition coefficient (Wildman–Crippen LogP) is 0.802. The van der Waals surface area contributed by atoms with E-state index >= 15 is 0 Å². The Hall–Kier alpha value is -3.51. The van der Waals surface area contributed by atoms with Crippen LogP contribution in [-0.4, -0.2) is 87.7 Å². The zero-order chi connectivity index (χ0) is 26.7. The van der Waals surface area contributed by atoms with Gasteiger partial charge in [-0.05, 0) is 61.4 Å². The fourth-order valence-electron chi connectivity index (χ4n) is 4.46. The first-order valence-electron chi connectivity index (χ1n) is 12.0. The minimum atomic E-state index is -4.19. The van der Waals surface area contributed by atoms with E-state index < -0.39 is 33.8 Å². The van der Waals surface area contributed by atoms with E-state index in [2.05, 4.69) is 10.6 Å². The first-order valence-corrected chi connectivity index (χ1v) is 13.4. The van der Waals surface area contributed by atoms with Crippen molar-refractivity contribution >= 4 is 33.4 Å². The molecule has 3 amide bonds. The SMILES string of the molecule is CN(C)c1ccc(C(=O)N2CCN(S(=O)(=O)c3ccc(F)cc3)[C@@H](C(=O)N[C@H]3CCCNC3=O)C2)cc1. The highest BCUT2D eigenvalue weighted by Gasteiger charge is 2.42. The number of nitrogens with zero attached hydrogens (tertiary/aromatic N) is 3. The Morgan fingerprint density at radius 2 is 1.73 bits per heavy atom. The zero-order valence-electron chi connectivity index (χ0n) is 20.7. The molecular weight excluding hydrogens is 501 g/mol. The molecule has 2 saturated heterocycles.